The highest BCUT2D eigenvalue weighted by atomic mass is 32.1. The van der Waals surface area contributed by atoms with Crippen molar-refractivity contribution in [3.8, 4) is 0 Å². The average Bonchev–Trinajstić information content (AvgIpc) is 2.53. The molecule has 0 aromatic carbocycles. The summed E-state index contributed by atoms with van der Waals surface area (Å²) in [6, 6.07) is 0. The molecule has 0 unspecified atom stereocenters. The standard InChI is InChI=1S/C9H16N2S/c1-3-4-5-6-8-7-12-9(10-2)11-8/h7H,3-6H2,1-2H3,(H,10,11). The van der Waals surface area contributed by atoms with Crippen molar-refractivity contribution in [2.75, 3.05) is 12.4 Å². The molecule has 0 aliphatic heterocycles. The first kappa shape index (κ1) is 9.52. The Kier molecular flexibility index (Phi) is 4.08. The van der Waals surface area contributed by atoms with E-state index in [2.05, 4.69) is 22.6 Å². The van der Waals surface area contributed by atoms with E-state index in [-0.39, 0.29) is 0 Å². The lowest BCUT2D eigenvalue weighted by Crippen LogP contribution is -1.89. The van der Waals surface area contributed by atoms with Crippen molar-refractivity contribution < 1.29 is 0 Å². The molecule has 0 fully saturated rings. The maximum atomic E-state index is 4.41. The van der Waals surface area contributed by atoms with Crippen molar-refractivity contribution in [2.24, 2.45) is 0 Å². The number of thiazole rings is 1. The van der Waals surface area contributed by atoms with E-state index in [9.17, 15) is 0 Å². The summed E-state index contributed by atoms with van der Waals surface area (Å²) < 4.78 is 0. The van der Waals surface area contributed by atoms with Crippen LogP contribution in [0.2, 0.25) is 0 Å². The zero-order valence-corrected chi connectivity index (χ0v) is 8.58. The first-order valence-corrected chi connectivity index (χ1v) is 5.37. The summed E-state index contributed by atoms with van der Waals surface area (Å²) in [6.45, 7) is 2.22. The third-order valence-electron chi connectivity index (χ3n) is 1.80. The van der Waals surface area contributed by atoms with E-state index in [1.54, 1.807) is 11.3 Å². The van der Waals surface area contributed by atoms with E-state index in [1.807, 2.05) is 7.05 Å². The highest BCUT2D eigenvalue weighted by Crippen LogP contribution is 2.16. The highest BCUT2D eigenvalue weighted by Gasteiger charge is 1.98. The predicted octanol–water partition coefficient (Wildman–Crippen LogP) is 2.92. The minimum atomic E-state index is 1.03. The van der Waals surface area contributed by atoms with Gasteiger partial charge in [-0.1, -0.05) is 19.8 Å². The quantitative estimate of drug-likeness (QED) is 0.712. The molecule has 0 atom stereocenters. The zero-order valence-electron chi connectivity index (χ0n) is 7.76. The van der Waals surface area contributed by atoms with E-state index in [1.165, 1.54) is 25.0 Å². The van der Waals surface area contributed by atoms with Crippen LogP contribution >= 0.6 is 11.3 Å². The monoisotopic (exact) mass is 184 g/mol. The minimum Gasteiger partial charge on any atom is -0.365 e. The number of aryl methyl sites for hydroxylation is 1. The van der Waals surface area contributed by atoms with Gasteiger partial charge in [-0.2, -0.15) is 0 Å². The number of rotatable bonds is 5. The highest BCUT2D eigenvalue weighted by molar-refractivity contribution is 7.13. The molecular formula is C9H16N2S. The predicted molar refractivity (Wildman–Crippen MR) is 54.9 cm³/mol. The Morgan fingerprint density at radius 1 is 1.50 bits per heavy atom. The molecule has 1 heterocycles. The lowest BCUT2D eigenvalue weighted by molar-refractivity contribution is 0.710. The molecule has 0 spiro atoms. The fourth-order valence-electron chi connectivity index (χ4n) is 1.09. The van der Waals surface area contributed by atoms with Crippen LogP contribution in [0.3, 0.4) is 0 Å². The fourth-order valence-corrected chi connectivity index (χ4v) is 1.80. The number of hydrogen-bond acceptors (Lipinski definition) is 3. The van der Waals surface area contributed by atoms with Crippen LogP contribution in [-0.2, 0) is 6.42 Å². The molecule has 2 nitrogen and oxygen atoms in total. The summed E-state index contributed by atoms with van der Waals surface area (Å²) in [5, 5.41) is 6.21. The van der Waals surface area contributed by atoms with Crippen molar-refractivity contribution in [3.05, 3.63) is 11.1 Å². The zero-order chi connectivity index (χ0) is 8.81. The van der Waals surface area contributed by atoms with Gasteiger partial charge in [-0.25, -0.2) is 4.98 Å². The Morgan fingerprint density at radius 3 is 2.92 bits per heavy atom. The second kappa shape index (κ2) is 5.14. The van der Waals surface area contributed by atoms with Crippen LogP contribution in [0.25, 0.3) is 0 Å². The molecule has 0 aliphatic rings. The largest absolute Gasteiger partial charge is 0.365 e. The van der Waals surface area contributed by atoms with Gasteiger partial charge < -0.3 is 5.32 Å². The average molecular weight is 184 g/mol. The van der Waals surface area contributed by atoms with Crippen molar-refractivity contribution in [1.29, 1.82) is 0 Å². The van der Waals surface area contributed by atoms with Crippen molar-refractivity contribution in [3.63, 3.8) is 0 Å². The van der Waals surface area contributed by atoms with Crippen LogP contribution < -0.4 is 5.32 Å². The van der Waals surface area contributed by atoms with Gasteiger partial charge in [-0.15, -0.1) is 11.3 Å². The van der Waals surface area contributed by atoms with Gasteiger partial charge in [0.1, 0.15) is 0 Å². The smallest absolute Gasteiger partial charge is 0.182 e. The fraction of sp³-hybridized carbons (Fsp3) is 0.667. The number of unbranched alkanes of at least 4 members (excludes halogenated alkanes) is 2. The van der Waals surface area contributed by atoms with Gasteiger partial charge in [-0.05, 0) is 12.8 Å². The summed E-state index contributed by atoms with van der Waals surface area (Å²) >= 11 is 1.69. The van der Waals surface area contributed by atoms with Crippen LogP contribution in [0.5, 0.6) is 0 Å². The topological polar surface area (TPSA) is 24.9 Å². The first-order valence-electron chi connectivity index (χ1n) is 4.49. The Balaban J connectivity index is 2.31. The Labute approximate surface area is 78.0 Å². The number of aromatic nitrogens is 1. The minimum absolute atomic E-state index is 1.03. The summed E-state index contributed by atoms with van der Waals surface area (Å²) in [4.78, 5) is 4.41. The van der Waals surface area contributed by atoms with Gasteiger partial charge in [0.15, 0.2) is 5.13 Å². The van der Waals surface area contributed by atoms with Crippen LogP contribution in [0.1, 0.15) is 31.9 Å². The third kappa shape index (κ3) is 2.81. The maximum absolute atomic E-state index is 4.41. The number of anilines is 1. The van der Waals surface area contributed by atoms with E-state index >= 15 is 0 Å². The van der Waals surface area contributed by atoms with Crippen LogP contribution in [0.15, 0.2) is 5.38 Å². The van der Waals surface area contributed by atoms with Crippen LogP contribution in [0, 0.1) is 0 Å². The molecule has 12 heavy (non-hydrogen) atoms. The summed E-state index contributed by atoms with van der Waals surface area (Å²) in [5.74, 6) is 0. The van der Waals surface area contributed by atoms with E-state index in [0.29, 0.717) is 0 Å². The van der Waals surface area contributed by atoms with Crippen molar-refractivity contribution in [2.45, 2.75) is 32.6 Å². The van der Waals surface area contributed by atoms with Crippen molar-refractivity contribution in [1.82, 2.24) is 4.98 Å². The molecule has 1 aromatic rings. The molecular weight excluding hydrogens is 168 g/mol. The number of hydrogen-bond donors (Lipinski definition) is 1. The molecule has 0 aliphatic carbocycles. The number of nitrogens with zero attached hydrogens (tertiary/aromatic N) is 1. The summed E-state index contributed by atoms with van der Waals surface area (Å²) in [6.07, 6.45) is 4.99. The lowest BCUT2D eigenvalue weighted by Gasteiger charge is -1.94. The third-order valence-corrected chi connectivity index (χ3v) is 2.71. The van der Waals surface area contributed by atoms with Gasteiger partial charge in [0.05, 0.1) is 5.69 Å². The van der Waals surface area contributed by atoms with Gasteiger partial charge in [0.25, 0.3) is 0 Å². The Morgan fingerprint density at radius 2 is 2.33 bits per heavy atom. The normalized spacial score (nSPS) is 10.2. The molecule has 0 radical (unpaired) electrons. The lowest BCUT2D eigenvalue weighted by atomic mass is 10.2. The summed E-state index contributed by atoms with van der Waals surface area (Å²) in [7, 11) is 1.91. The van der Waals surface area contributed by atoms with Crippen LogP contribution in [-0.4, -0.2) is 12.0 Å². The molecule has 0 saturated carbocycles. The maximum Gasteiger partial charge on any atom is 0.182 e. The van der Waals surface area contributed by atoms with Gasteiger partial charge in [0.2, 0.25) is 0 Å². The molecule has 1 rings (SSSR count). The SMILES string of the molecule is CCCCCc1csc(NC)n1. The number of nitrogens with one attached hydrogen (secondary N) is 1. The second-order valence-corrected chi connectivity index (χ2v) is 3.71. The molecule has 1 N–H and O–H groups in total. The van der Waals surface area contributed by atoms with Gasteiger partial charge in [0, 0.05) is 12.4 Å². The van der Waals surface area contributed by atoms with E-state index in [0.717, 1.165) is 11.6 Å². The Hall–Kier alpha value is -0.570. The van der Waals surface area contributed by atoms with Crippen LogP contribution in [0.4, 0.5) is 5.13 Å². The second-order valence-electron chi connectivity index (χ2n) is 2.85. The van der Waals surface area contributed by atoms with E-state index in [4.69, 9.17) is 0 Å². The molecule has 0 amide bonds. The van der Waals surface area contributed by atoms with Gasteiger partial charge >= 0.3 is 0 Å². The van der Waals surface area contributed by atoms with Crippen molar-refractivity contribution >= 4 is 16.5 Å². The molecule has 3 heteroatoms. The molecule has 68 valence electrons. The molecule has 0 saturated heterocycles. The Bertz CT molecular complexity index is 220. The van der Waals surface area contributed by atoms with Gasteiger partial charge in [-0.3, -0.25) is 0 Å². The van der Waals surface area contributed by atoms with E-state index < -0.39 is 0 Å². The summed E-state index contributed by atoms with van der Waals surface area (Å²) in [5.41, 5.74) is 1.23. The molecule has 0 bridgehead atoms. The molecule has 1 aromatic heterocycles. The first-order chi connectivity index (χ1) is 5.86.